The predicted molar refractivity (Wildman–Crippen MR) is 66.9 cm³/mol. The first-order valence-corrected chi connectivity index (χ1v) is 6.09. The molecule has 1 aliphatic carbocycles. The van der Waals surface area contributed by atoms with E-state index in [1.165, 1.54) is 0 Å². The molecule has 1 aliphatic heterocycles. The summed E-state index contributed by atoms with van der Waals surface area (Å²) in [4.78, 5) is 24.0. The topological polar surface area (TPSA) is 84.2 Å². The average Bonchev–Trinajstić information content (AvgIpc) is 3.06. The lowest BCUT2D eigenvalue weighted by atomic mass is 9.94. The molecule has 18 heavy (non-hydrogen) atoms. The highest BCUT2D eigenvalue weighted by Crippen LogP contribution is 2.59. The Bertz CT molecular complexity index is 529. The summed E-state index contributed by atoms with van der Waals surface area (Å²) in [6, 6.07) is 7.57. The van der Waals surface area contributed by atoms with Crippen LogP contribution in [-0.4, -0.2) is 24.9 Å². The van der Waals surface area contributed by atoms with E-state index < -0.39 is 5.41 Å². The zero-order valence-corrected chi connectivity index (χ0v) is 9.90. The second kappa shape index (κ2) is 3.81. The van der Waals surface area contributed by atoms with Gasteiger partial charge in [0, 0.05) is 18.8 Å². The highest BCUT2D eigenvalue weighted by Gasteiger charge is 2.67. The fraction of sp³-hybridized carbons (Fsp3) is 0.385. The lowest BCUT2D eigenvalue weighted by Gasteiger charge is -2.08. The molecule has 94 valence electrons. The van der Waals surface area contributed by atoms with Crippen molar-refractivity contribution in [2.24, 2.45) is 11.7 Å². The second-order valence-corrected chi connectivity index (χ2v) is 4.81. The first-order chi connectivity index (χ1) is 8.70. The van der Waals surface area contributed by atoms with Crippen LogP contribution in [0.15, 0.2) is 24.3 Å². The highest BCUT2D eigenvalue weighted by atomic mass is 16.2. The van der Waals surface area contributed by atoms with Gasteiger partial charge in [-0.15, -0.1) is 0 Å². The predicted octanol–water partition coefficient (Wildman–Crippen LogP) is -0.0287. The van der Waals surface area contributed by atoms with E-state index >= 15 is 0 Å². The van der Waals surface area contributed by atoms with Crippen molar-refractivity contribution >= 4 is 17.5 Å². The Morgan fingerprint density at radius 3 is 3.06 bits per heavy atom. The van der Waals surface area contributed by atoms with Gasteiger partial charge in [0.05, 0.1) is 11.3 Å². The number of para-hydroxylation sites is 1. The quantitative estimate of drug-likeness (QED) is 0.699. The molecule has 1 aromatic rings. The van der Waals surface area contributed by atoms with E-state index in [-0.39, 0.29) is 17.7 Å². The fourth-order valence-corrected chi connectivity index (χ4v) is 2.78. The standard InChI is InChI=1S/C13H15N3O2/c14-5-6-15-11(17)9-7-13(9)8-3-1-2-4-10(8)16-12(13)18/h1-4,9H,5-7,14H2,(H,15,17)(H,16,18). The third-order valence-corrected chi connectivity index (χ3v) is 3.78. The average molecular weight is 245 g/mol. The maximum Gasteiger partial charge on any atom is 0.235 e. The molecule has 1 aromatic carbocycles. The maximum atomic E-state index is 12.1. The Morgan fingerprint density at radius 2 is 2.28 bits per heavy atom. The van der Waals surface area contributed by atoms with Crippen LogP contribution >= 0.6 is 0 Å². The number of amides is 2. The van der Waals surface area contributed by atoms with Gasteiger partial charge in [0.15, 0.2) is 0 Å². The highest BCUT2D eigenvalue weighted by molar-refractivity contribution is 6.12. The number of hydrogen-bond donors (Lipinski definition) is 3. The summed E-state index contributed by atoms with van der Waals surface area (Å²) < 4.78 is 0. The Labute approximate surface area is 105 Å². The van der Waals surface area contributed by atoms with Gasteiger partial charge in [-0.3, -0.25) is 9.59 Å². The Hall–Kier alpha value is -1.88. The smallest absolute Gasteiger partial charge is 0.235 e. The number of nitrogens with one attached hydrogen (secondary N) is 2. The zero-order chi connectivity index (χ0) is 12.8. The van der Waals surface area contributed by atoms with Crippen molar-refractivity contribution in [2.75, 3.05) is 18.4 Å². The van der Waals surface area contributed by atoms with Gasteiger partial charge < -0.3 is 16.4 Å². The Kier molecular flexibility index (Phi) is 2.38. The largest absolute Gasteiger partial charge is 0.355 e. The lowest BCUT2D eigenvalue weighted by molar-refractivity contribution is -0.125. The van der Waals surface area contributed by atoms with Crippen molar-refractivity contribution in [3.8, 4) is 0 Å². The molecular formula is C13H15N3O2. The van der Waals surface area contributed by atoms with Gasteiger partial charge in [0.1, 0.15) is 0 Å². The molecule has 5 nitrogen and oxygen atoms in total. The number of carbonyl (C=O) groups excluding carboxylic acids is 2. The molecule has 5 heteroatoms. The number of rotatable bonds is 3. The summed E-state index contributed by atoms with van der Waals surface area (Å²) >= 11 is 0. The minimum absolute atomic E-state index is 0.0587. The molecule has 0 bridgehead atoms. The van der Waals surface area contributed by atoms with Gasteiger partial charge in [-0.1, -0.05) is 18.2 Å². The molecule has 1 saturated carbocycles. The molecular weight excluding hydrogens is 230 g/mol. The number of carbonyl (C=O) groups is 2. The molecule has 0 radical (unpaired) electrons. The van der Waals surface area contributed by atoms with Crippen LogP contribution in [0.3, 0.4) is 0 Å². The van der Waals surface area contributed by atoms with E-state index in [1.807, 2.05) is 24.3 Å². The van der Waals surface area contributed by atoms with Gasteiger partial charge in [-0.05, 0) is 18.1 Å². The first kappa shape index (κ1) is 11.2. The van der Waals surface area contributed by atoms with Crippen LogP contribution in [0, 0.1) is 5.92 Å². The summed E-state index contributed by atoms with van der Waals surface area (Å²) in [5.74, 6) is -0.392. The molecule has 2 atom stereocenters. The molecule has 3 rings (SSSR count). The third kappa shape index (κ3) is 1.37. The molecule has 1 spiro atoms. The zero-order valence-electron chi connectivity index (χ0n) is 9.90. The van der Waals surface area contributed by atoms with Crippen LogP contribution in [0.1, 0.15) is 12.0 Å². The molecule has 4 N–H and O–H groups in total. The molecule has 1 fully saturated rings. The minimum atomic E-state index is -0.630. The van der Waals surface area contributed by atoms with E-state index in [4.69, 9.17) is 5.73 Å². The van der Waals surface area contributed by atoms with Crippen molar-refractivity contribution in [3.05, 3.63) is 29.8 Å². The summed E-state index contributed by atoms with van der Waals surface area (Å²) in [5, 5.41) is 5.60. The van der Waals surface area contributed by atoms with Crippen LogP contribution in [0.5, 0.6) is 0 Å². The number of fused-ring (bicyclic) bond motifs is 2. The van der Waals surface area contributed by atoms with E-state index in [0.29, 0.717) is 19.5 Å². The Morgan fingerprint density at radius 1 is 1.50 bits per heavy atom. The molecule has 0 aromatic heterocycles. The minimum Gasteiger partial charge on any atom is -0.355 e. The van der Waals surface area contributed by atoms with Crippen LogP contribution in [0.2, 0.25) is 0 Å². The van der Waals surface area contributed by atoms with Crippen molar-refractivity contribution in [2.45, 2.75) is 11.8 Å². The summed E-state index contributed by atoms with van der Waals surface area (Å²) in [6.07, 6.45) is 0.590. The third-order valence-electron chi connectivity index (χ3n) is 3.78. The molecule has 2 aliphatic rings. The van der Waals surface area contributed by atoms with Gasteiger partial charge in [-0.2, -0.15) is 0 Å². The van der Waals surface area contributed by atoms with Crippen molar-refractivity contribution in [1.82, 2.24) is 5.32 Å². The molecule has 2 unspecified atom stereocenters. The fourth-order valence-electron chi connectivity index (χ4n) is 2.78. The van der Waals surface area contributed by atoms with E-state index in [1.54, 1.807) is 0 Å². The van der Waals surface area contributed by atoms with Crippen LogP contribution in [-0.2, 0) is 15.0 Å². The molecule has 1 heterocycles. The monoisotopic (exact) mass is 245 g/mol. The summed E-state index contributed by atoms with van der Waals surface area (Å²) in [7, 11) is 0. The van der Waals surface area contributed by atoms with Crippen LogP contribution < -0.4 is 16.4 Å². The van der Waals surface area contributed by atoms with E-state index in [9.17, 15) is 9.59 Å². The number of anilines is 1. The lowest BCUT2D eigenvalue weighted by Crippen LogP contribution is -2.34. The molecule has 0 saturated heterocycles. The second-order valence-electron chi connectivity index (χ2n) is 4.81. The maximum absolute atomic E-state index is 12.1. The van der Waals surface area contributed by atoms with Crippen molar-refractivity contribution < 1.29 is 9.59 Å². The number of hydrogen-bond acceptors (Lipinski definition) is 3. The number of benzene rings is 1. The van der Waals surface area contributed by atoms with Gasteiger partial charge >= 0.3 is 0 Å². The number of nitrogens with two attached hydrogens (primary N) is 1. The van der Waals surface area contributed by atoms with Gasteiger partial charge in [-0.25, -0.2) is 0 Å². The van der Waals surface area contributed by atoms with E-state index in [2.05, 4.69) is 10.6 Å². The first-order valence-electron chi connectivity index (χ1n) is 6.09. The van der Waals surface area contributed by atoms with Crippen molar-refractivity contribution in [1.29, 1.82) is 0 Å². The van der Waals surface area contributed by atoms with Gasteiger partial charge in [0.25, 0.3) is 0 Å². The van der Waals surface area contributed by atoms with Crippen molar-refractivity contribution in [3.63, 3.8) is 0 Å². The SMILES string of the molecule is NCCNC(=O)C1CC12C(=O)Nc1ccccc12. The van der Waals surface area contributed by atoms with Crippen LogP contribution in [0.4, 0.5) is 5.69 Å². The molecule has 2 amide bonds. The normalized spacial score (nSPS) is 27.8. The van der Waals surface area contributed by atoms with E-state index in [0.717, 1.165) is 11.3 Å². The van der Waals surface area contributed by atoms with Gasteiger partial charge in [0.2, 0.25) is 11.8 Å². The summed E-state index contributed by atoms with van der Waals surface area (Å²) in [5.41, 5.74) is 6.50. The summed E-state index contributed by atoms with van der Waals surface area (Å²) in [6.45, 7) is 0.864. The van der Waals surface area contributed by atoms with Crippen LogP contribution in [0.25, 0.3) is 0 Å². The Balaban J connectivity index is 1.86.